The highest BCUT2D eigenvalue weighted by atomic mass is 15.2. The van der Waals surface area contributed by atoms with Crippen LogP contribution in [0.25, 0.3) is 5.69 Å². The summed E-state index contributed by atoms with van der Waals surface area (Å²) in [5, 5.41) is 11.2. The molecule has 106 valence electrons. The van der Waals surface area contributed by atoms with Crippen LogP contribution in [0, 0.1) is 0 Å². The predicted octanol–water partition coefficient (Wildman–Crippen LogP) is 3.44. The highest BCUT2D eigenvalue weighted by Crippen LogP contribution is 2.16. The summed E-state index contributed by atoms with van der Waals surface area (Å²) in [6.07, 6.45) is 4.45. The largest absolute Gasteiger partial charge is 0.381 e. The van der Waals surface area contributed by atoms with Gasteiger partial charge in [-0.05, 0) is 35.7 Å². The monoisotopic (exact) mass is 278 g/mol. The van der Waals surface area contributed by atoms with Gasteiger partial charge in [0.1, 0.15) is 12.7 Å². The summed E-state index contributed by atoms with van der Waals surface area (Å²) in [6, 6.07) is 16.8. The molecule has 0 saturated carbocycles. The lowest BCUT2D eigenvalue weighted by Gasteiger charge is -2.11. The third-order valence-electron chi connectivity index (χ3n) is 3.55. The summed E-state index contributed by atoms with van der Waals surface area (Å²) in [7, 11) is 0. The highest BCUT2D eigenvalue weighted by Gasteiger charge is 2.01. The Morgan fingerprint density at radius 2 is 1.71 bits per heavy atom. The summed E-state index contributed by atoms with van der Waals surface area (Å²) >= 11 is 0. The number of nitrogens with one attached hydrogen (secondary N) is 1. The van der Waals surface area contributed by atoms with E-state index in [4.69, 9.17) is 0 Å². The van der Waals surface area contributed by atoms with E-state index in [1.165, 1.54) is 11.1 Å². The van der Waals surface area contributed by atoms with Gasteiger partial charge in [-0.15, -0.1) is 10.2 Å². The van der Waals surface area contributed by atoms with Crippen molar-refractivity contribution in [2.45, 2.75) is 19.9 Å². The number of hydrogen-bond donors (Lipinski definition) is 1. The average molecular weight is 278 g/mol. The number of hydrogen-bond acceptors (Lipinski definition) is 3. The normalized spacial score (nSPS) is 10.5. The number of aromatic nitrogens is 3. The summed E-state index contributed by atoms with van der Waals surface area (Å²) < 4.78 is 1.89. The Balaban J connectivity index is 1.75. The first-order chi connectivity index (χ1) is 10.4. The van der Waals surface area contributed by atoms with Gasteiger partial charge in [-0.25, -0.2) is 0 Å². The van der Waals surface area contributed by atoms with E-state index in [2.05, 4.69) is 58.8 Å². The van der Waals surface area contributed by atoms with E-state index in [1.54, 1.807) is 12.7 Å². The molecule has 0 spiro atoms. The van der Waals surface area contributed by atoms with Crippen molar-refractivity contribution in [3.05, 3.63) is 72.3 Å². The fraction of sp³-hybridized carbons (Fsp3) is 0.176. The number of rotatable bonds is 5. The molecule has 2 aromatic carbocycles. The van der Waals surface area contributed by atoms with Crippen LogP contribution in [0.15, 0.2) is 61.2 Å². The average Bonchev–Trinajstić information content (AvgIpc) is 3.08. The van der Waals surface area contributed by atoms with Gasteiger partial charge in [0.05, 0.1) is 5.69 Å². The van der Waals surface area contributed by atoms with E-state index in [0.717, 1.165) is 24.3 Å². The zero-order valence-electron chi connectivity index (χ0n) is 12.0. The van der Waals surface area contributed by atoms with Crippen molar-refractivity contribution in [2.24, 2.45) is 0 Å². The third kappa shape index (κ3) is 3.11. The van der Waals surface area contributed by atoms with Gasteiger partial charge in [-0.3, -0.25) is 4.57 Å². The van der Waals surface area contributed by atoms with Crippen molar-refractivity contribution in [3.63, 3.8) is 0 Å². The van der Waals surface area contributed by atoms with Crippen molar-refractivity contribution >= 4 is 5.69 Å². The first kappa shape index (κ1) is 13.4. The van der Waals surface area contributed by atoms with E-state index in [0.29, 0.717) is 0 Å². The fourth-order valence-electron chi connectivity index (χ4n) is 2.38. The SMILES string of the molecule is CCc1ccccc1CNc1cccc(-n2cnnc2)c1. The molecule has 1 heterocycles. The molecule has 3 aromatic rings. The fourth-order valence-corrected chi connectivity index (χ4v) is 2.38. The number of aryl methyl sites for hydroxylation is 1. The lowest BCUT2D eigenvalue weighted by molar-refractivity contribution is 1.03. The molecule has 3 rings (SSSR count). The van der Waals surface area contributed by atoms with E-state index >= 15 is 0 Å². The lowest BCUT2D eigenvalue weighted by atomic mass is 10.1. The van der Waals surface area contributed by atoms with E-state index in [-0.39, 0.29) is 0 Å². The van der Waals surface area contributed by atoms with Gasteiger partial charge in [0.15, 0.2) is 0 Å². The topological polar surface area (TPSA) is 42.7 Å². The Kier molecular flexibility index (Phi) is 3.96. The number of nitrogens with zero attached hydrogens (tertiary/aromatic N) is 3. The molecule has 0 bridgehead atoms. The van der Waals surface area contributed by atoms with Crippen LogP contribution in [0.4, 0.5) is 5.69 Å². The summed E-state index contributed by atoms with van der Waals surface area (Å²) in [5.41, 5.74) is 4.87. The molecule has 0 saturated heterocycles. The van der Waals surface area contributed by atoms with Crippen LogP contribution >= 0.6 is 0 Å². The molecule has 21 heavy (non-hydrogen) atoms. The molecule has 1 aromatic heterocycles. The van der Waals surface area contributed by atoms with Gasteiger partial charge in [0.25, 0.3) is 0 Å². The molecule has 1 N–H and O–H groups in total. The molecule has 0 radical (unpaired) electrons. The minimum absolute atomic E-state index is 0.829. The van der Waals surface area contributed by atoms with Gasteiger partial charge in [-0.1, -0.05) is 37.3 Å². The standard InChI is InChI=1S/C17H18N4/c1-2-14-6-3-4-7-15(14)11-18-16-8-5-9-17(10-16)21-12-19-20-13-21/h3-10,12-13,18H,2,11H2,1H3. The zero-order chi connectivity index (χ0) is 14.5. The van der Waals surface area contributed by atoms with E-state index in [1.807, 2.05) is 16.7 Å². The van der Waals surface area contributed by atoms with Crippen LogP contribution in [0.2, 0.25) is 0 Å². The van der Waals surface area contributed by atoms with Crippen LogP contribution < -0.4 is 5.32 Å². The molecular formula is C17H18N4. The van der Waals surface area contributed by atoms with Crippen molar-refractivity contribution in [1.82, 2.24) is 14.8 Å². The van der Waals surface area contributed by atoms with Crippen LogP contribution in [0.5, 0.6) is 0 Å². The Labute approximate surface area is 124 Å². The third-order valence-corrected chi connectivity index (χ3v) is 3.55. The summed E-state index contributed by atoms with van der Waals surface area (Å²) in [4.78, 5) is 0. The van der Waals surface area contributed by atoms with Gasteiger partial charge in [0, 0.05) is 12.2 Å². The molecule has 0 aliphatic rings. The minimum atomic E-state index is 0.829. The molecule has 4 heteroatoms. The second kappa shape index (κ2) is 6.22. The molecule has 0 amide bonds. The van der Waals surface area contributed by atoms with Crippen molar-refractivity contribution in [1.29, 1.82) is 0 Å². The summed E-state index contributed by atoms with van der Waals surface area (Å²) in [5.74, 6) is 0. The Morgan fingerprint density at radius 3 is 2.48 bits per heavy atom. The van der Waals surface area contributed by atoms with Crippen LogP contribution in [-0.4, -0.2) is 14.8 Å². The molecule has 4 nitrogen and oxygen atoms in total. The number of benzene rings is 2. The molecule has 0 unspecified atom stereocenters. The van der Waals surface area contributed by atoms with Gasteiger partial charge >= 0.3 is 0 Å². The maximum atomic E-state index is 3.84. The Bertz CT molecular complexity index is 704. The first-order valence-corrected chi connectivity index (χ1v) is 7.12. The van der Waals surface area contributed by atoms with E-state index < -0.39 is 0 Å². The Morgan fingerprint density at radius 1 is 0.952 bits per heavy atom. The van der Waals surface area contributed by atoms with Crippen molar-refractivity contribution < 1.29 is 0 Å². The van der Waals surface area contributed by atoms with Crippen LogP contribution in [0.1, 0.15) is 18.1 Å². The molecular weight excluding hydrogens is 260 g/mol. The van der Waals surface area contributed by atoms with Gasteiger partial charge in [-0.2, -0.15) is 0 Å². The molecule has 0 fully saturated rings. The highest BCUT2D eigenvalue weighted by molar-refractivity contribution is 5.51. The van der Waals surface area contributed by atoms with E-state index in [9.17, 15) is 0 Å². The number of anilines is 1. The van der Waals surface area contributed by atoms with Crippen LogP contribution in [0.3, 0.4) is 0 Å². The maximum Gasteiger partial charge on any atom is 0.123 e. The van der Waals surface area contributed by atoms with Crippen molar-refractivity contribution in [2.75, 3.05) is 5.32 Å². The zero-order valence-corrected chi connectivity index (χ0v) is 12.0. The predicted molar refractivity (Wildman–Crippen MR) is 84.5 cm³/mol. The minimum Gasteiger partial charge on any atom is -0.381 e. The summed E-state index contributed by atoms with van der Waals surface area (Å²) in [6.45, 7) is 3.02. The van der Waals surface area contributed by atoms with Gasteiger partial charge < -0.3 is 5.32 Å². The second-order valence-corrected chi connectivity index (χ2v) is 4.90. The quantitative estimate of drug-likeness (QED) is 0.777. The molecule has 0 aliphatic heterocycles. The first-order valence-electron chi connectivity index (χ1n) is 7.12. The van der Waals surface area contributed by atoms with Gasteiger partial charge in [0.2, 0.25) is 0 Å². The molecule has 0 atom stereocenters. The Hall–Kier alpha value is -2.62. The van der Waals surface area contributed by atoms with Crippen molar-refractivity contribution in [3.8, 4) is 5.69 Å². The maximum absolute atomic E-state index is 3.84. The molecule has 0 aliphatic carbocycles. The van der Waals surface area contributed by atoms with Crippen LogP contribution in [-0.2, 0) is 13.0 Å². The lowest BCUT2D eigenvalue weighted by Crippen LogP contribution is -2.03. The second-order valence-electron chi connectivity index (χ2n) is 4.90. The smallest absolute Gasteiger partial charge is 0.123 e.